The highest BCUT2D eigenvalue weighted by Crippen LogP contribution is 2.12. The Labute approximate surface area is 380 Å². The Morgan fingerprint density at radius 3 is 0.778 bits per heavy atom. The topological polar surface area (TPSA) is 186 Å². The normalized spacial score (nSPS) is 11.5. The van der Waals surface area contributed by atoms with Gasteiger partial charge in [-0.05, 0) is 12.8 Å². The Morgan fingerprint density at radius 1 is 0.302 bits per heavy atom. The first kappa shape index (κ1) is 61.4. The van der Waals surface area contributed by atoms with E-state index in [1.54, 1.807) is 0 Å². The molecule has 0 heterocycles. The molecular weight excluding hydrogens is 822 g/mol. The van der Waals surface area contributed by atoms with E-state index in [4.69, 9.17) is 66.7 Å². The van der Waals surface area contributed by atoms with Crippen LogP contribution < -0.4 is 5.32 Å². The lowest BCUT2D eigenvalue weighted by molar-refractivity contribution is -0.138. The van der Waals surface area contributed by atoms with Crippen LogP contribution in [0.25, 0.3) is 0 Å². The number of ether oxygens (including phenoxy) is 13. The van der Waals surface area contributed by atoms with Gasteiger partial charge >= 0.3 is 5.97 Å². The Morgan fingerprint density at radius 2 is 0.524 bits per heavy atom. The van der Waals surface area contributed by atoms with Gasteiger partial charge < -0.3 is 72.0 Å². The standard InChI is InChI=1S/C46H91NO16/c1-2-3-4-5-6-7-8-9-10-11-12-13-14-19-51-21-23-53-25-27-55-29-31-57-33-35-59-37-39-61-41-43-63-44-42-62-40-38-60-36-34-58-32-30-56-28-26-54-24-22-52-20-15-18-47-45(48)16-17-46(49)50/h2-44H2,1H3,(H,47,48)(H,49,50). The minimum absolute atomic E-state index is 0.0110. The molecule has 0 aromatic rings. The van der Waals surface area contributed by atoms with E-state index in [2.05, 4.69) is 12.2 Å². The van der Waals surface area contributed by atoms with Crippen molar-refractivity contribution in [1.82, 2.24) is 5.32 Å². The number of amides is 1. The van der Waals surface area contributed by atoms with Crippen molar-refractivity contribution >= 4 is 11.9 Å². The monoisotopic (exact) mass is 914 g/mol. The van der Waals surface area contributed by atoms with Crippen LogP contribution in [0.1, 0.15) is 110 Å². The van der Waals surface area contributed by atoms with Crippen molar-refractivity contribution in [2.24, 2.45) is 0 Å². The van der Waals surface area contributed by atoms with Crippen molar-refractivity contribution in [2.45, 2.75) is 110 Å². The van der Waals surface area contributed by atoms with Crippen molar-refractivity contribution in [2.75, 3.05) is 178 Å². The number of hydrogen-bond donors (Lipinski definition) is 2. The highest BCUT2D eigenvalue weighted by Gasteiger charge is 2.04. The van der Waals surface area contributed by atoms with Crippen LogP contribution >= 0.6 is 0 Å². The van der Waals surface area contributed by atoms with Gasteiger partial charge in [-0.1, -0.05) is 84.0 Å². The second-order valence-electron chi connectivity index (χ2n) is 14.8. The van der Waals surface area contributed by atoms with Crippen LogP contribution in [0.3, 0.4) is 0 Å². The number of unbranched alkanes of at least 4 members (excludes halogenated alkanes) is 12. The molecule has 0 rings (SSSR count). The van der Waals surface area contributed by atoms with E-state index < -0.39 is 5.97 Å². The summed E-state index contributed by atoms with van der Waals surface area (Å²) in [4.78, 5) is 21.8. The predicted octanol–water partition coefficient (Wildman–Crippen LogP) is 5.66. The van der Waals surface area contributed by atoms with Gasteiger partial charge in [-0.15, -0.1) is 0 Å². The lowest BCUT2D eigenvalue weighted by atomic mass is 10.0. The summed E-state index contributed by atoms with van der Waals surface area (Å²) in [5.41, 5.74) is 0. The fourth-order valence-corrected chi connectivity index (χ4v) is 5.67. The molecule has 0 spiro atoms. The van der Waals surface area contributed by atoms with Gasteiger partial charge in [-0.25, -0.2) is 0 Å². The van der Waals surface area contributed by atoms with Crippen molar-refractivity contribution in [3.8, 4) is 0 Å². The molecule has 0 atom stereocenters. The largest absolute Gasteiger partial charge is 0.481 e. The lowest BCUT2D eigenvalue weighted by Crippen LogP contribution is -2.25. The van der Waals surface area contributed by atoms with Crippen molar-refractivity contribution in [1.29, 1.82) is 0 Å². The van der Waals surface area contributed by atoms with Crippen molar-refractivity contribution in [3.63, 3.8) is 0 Å². The lowest BCUT2D eigenvalue weighted by Gasteiger charge is -2.09. The van der Waals surface area contributed by atoms with Crippen LogP contribution in [-0.2, 0) is 71.2 Å². The highest BCUT2D eigenvalue weighted by molar-refractivity contribution is 5.80. The van der Waals surface area contributed by atoms with Gasteiger partial charge in [0.2, 0.25) is 5.91 Å². The van der Waals surface area contributed by atoms with E-state index >= 15 is 0 Å². The van der Waals surface area contributed by atoms with Gasteiger partial charge in [0, 0.05) is 26.2 Å². The Bertz CT molecular complexity index is 893. The first-order valence-electron chi connectivity index (χ1n) is 24.2. The zero-order chi connectivity index (χ0) is 45.5. The summed E-state index contributed by atoms with van der Waals surface area (Å²) >= 11 is 0. The van der Waals surface area contributed by atoms with Crippen LogP contribution in [0.15, 0.2) is 0 Å². The fraction of sp³-hybridized carbons (Fsp3) is 0.957. The average molecular weight is 914 g/mol. The fourth-order valence-electron chi connectivity index (χ4n) is 5.67. The minimum Gasteiger partial charge on any atom is -0.481 e. The third kappa shape index (κ3) is 58.4. The number of carbonyl (C=O) groups excluding carboxylic acids is 1. The number of aliphatic carboxylic acids is 1. The van der Waals surface area contributed by atoms with Gasteiger partial charge in [0.1, 0.15) is 0 Å². The number of carboxylic acid groups (broad SMARTS) is 1. The molecule has 0 aromatic carbocycles. The van der Waals surface area contributed by atoms with Crippen molar-refractivity contribution < 1.29 is 76.3 Å². The molecule has 0 saturated carbocycles. The van der Waals surface area contributed by atoms with Gasteiger partial charge in [0.05, 0.1) is 165 Å². The summed E-state index contributed by atoms with van der Waals surface area (Å²) < 4.78 is 71.7. The van der Waals surface area contributed by atoms with Gasteiger partial charge in [-0.3, -0.25) is 9.59 Å². The zero-order valence-electron chi connectivity index (χ0n) is 39.5. The van der Waals surface area contributed by atoms with Crippen LogP contribution in [0, 0.1) is 0 Å². The maximum atomic E-state index is 11.4. The summed E-state index contributed by atoms with van der Waals surface area (Å²) in [5, 5.41) is 11.2. The molecule has 0 fully saturated rings. The molecule has 17 nitrogen and oxygen atoms in total. The summed E-state index contributed by atoms with van der Waals surface area (Å²) in [6, 6.07) is 0. The van der Waals surface area contributed by atoms with Crippen LogP contribution in [-0.4, -0.2) is 195 Å². The second kappa shape index (κ2) is 56.5. The first-order chi connectivity index (χ1) is 31.2. The van der Waals surface area contributed by atoms with E-state index in [0.717, 1.165) is 13.0 Å². The van der Waals surface area contributed by atoms with Gasteiger partial charge in [0.25, 0.3) is 0 Å². The van der Waals surface area contributed by atoms with Crippen molar-refractivity contribution in [3.05, 3.63) is 0 Å². The molecule has 0 saturated heterocycles. The molecule has 1 amide bonds. The summed E-state index contributed by atoms with van der Waals surface area (Å²) in [6.07, 6.45) is 18.2. The number of rotatable bonds is 57. The molecule has 0 radical (unpaired) electrons. The first-order valence-corrected chi connectivity index (χ1v) is 24.2. The molecule has 376 valence electrons. The summed E-state index contributed by atoms with van der Waals surface area (Å²) in [7, 11) is 0. The second-order valence-corrected chi connectivity index (χ2v) is 14.8. The maximum absolute atomic E-state index is 11.4. The van der Waals surface area contributed by atoms with E-state index in [1.165, 1.54) is 77.0 Å². The van der Waals surface area contributed by atoms with E-state index in [9.17, 15) is 9.59 Å². The molecular formula is C46H91NO16. The average Bonchev–Trinajstić information content (AvgIpc) is 3.28. The quantitative estimate of drug-likeness (QED) is 0.0711. The third-order valence-corrected chi connectivity index (χ3v) is 9.21. The van der Waals surface area contributed by atoms with Gasteiger partial charge in [-0.2, -0.15) is 0 Å². The number of carboxylic acids is 1. The molecule has 0 unspecified atom stereocenters. The van der Waals surface area contributed by atoms with Crippen LogP contribution in [0.4, 0.5) is 0 Å². The molecule has 0 bridgehead atoms. The Balaban J connectivity index is 3.09. The number of hydrogen-bond acceptors (Lipinski definition) is 15. The molecule has 17 heteroatoms. The van der Waals surface area contributed by atoms with E-state index in [-0.39, 0.29) is 18.7 Å². The van der Waals surface area contributed by atoms with E-state index in [0.29, 0.717) is 178 Å². The molecule has 0 aromatic heterocycles. The molecule has 63 heavy (non-hydrogen) atoms. The summed E-state index contributed by atoms with van der Waals surface area (Å²) in [6.45, 7) is 16.2. The van der Waals surface area contributed by atoms with Crippen LogP contribution in [0.2, 0.25) is 0 Å². The van der Waals surface area contributed by atoms with E-state index in [1.807, 2.05) is 0 Å². The molecule has 0 aliphatic heterocycles. The minimum atomic E-state index is -0.983. The third-order valence-electron chi connectivity index (χ3n) is 9.21. The van der Waals surface area contributed by atoms with Crippen LogP contribution in [0.5, 0.6) is 0 Å². The Hall–Kier alpha value is -1.58. The number of nitrogens with one attached hydrogen (secondary N) is 1. The smallest absolute Gasteiger partial charge is 0.303 e. The predicted molar refractivity (Wildman–Crippen MR) is 241 cm³/mol. The SMILES string of the molecule is CCCCCCCCCCCCCCCOCCOCCOCCOCCOCCOCCOCCOCCOCCOCCOCCOCCOCCCNC(=O)CCC(=O)O. The molecule has 2 N–H and O–H groups in total. The highest BCUT2D eigenvalue weighted by atomic mass is 16.6. The molecule has 0 aliphatic rings. The summed E-state index contributed by atoms with van der Waals surface area (Å²) in [5.74, 6) is -1.25. The number of carbonyl (C=O) groups is 2. The molecule has 0 aliphatic carbocycles. The maximum Gasteiger partial charge on any atom is 0.303 e. The Kier molecular flexibility index (Phi) is 55.1. The zero-order valence-corrected chi connectivity index (χ0v) is 39.5. The van der Waals surface area contributed by atoms with Gasteiger partial charge in [0.15, 0.2) is 0 Å².